The van der Waals surface area contributed by atoms with Crippen LogP contribution in [0.5, 0.6) is 0 Å². The number of hydrogen-bond acceptors (Lipinski definition) is 2. The summed E-state index contributed by atoms with van der Waals surface area (Å²) in [5, 5.41) is 2.93. The Morgan fingerprint density at radius 3 is 2.67 bits per heavy atom. The fourth-order valence-corrected chi connectivity index (χ4v) is 0.323. The Kier molecular flexibility index (Phi) is 3.15. The minimum atomic E-state index is 0. The molecule has 1 rings (SSSR count). The third kappa shape index (κ3) is 1.41. The van der Waals surface area contributed by atoms with E-state index in [0.29, 0.717) is 0 Å². The van der Waals surface area contributed by atoms with Gasteiger partial charge in [0, 0.05) is 23.0 Å². The van der Waals surface area contributed by atoms with Crippen molar-refractivity contribution in [2.24, 2.45) is 4.99 Å². The van der Waals surface area contributed by atoms with Gasteiger partial charge in [0.15, 0.2) is 0 Å². The fourth-order valence-electron chi connectivity index (χ4n) is 0.323. The zero-order valence-electron chi connectivity index (χ0n) is 3.26. The van der Waals surface area contributed by atoms with Gasteiger partial charge < -0.3 is 5.32 Å². The molecule has 2 nitrogen and oxygen atoms in total. The van der Waals surface area contributed by atoms with Crippen LogP contribution in [0.1, 0.15) is 0 Å². The molecule has 1 aliphatic rings. The Hall–Kier alpha value is -0.0365. The van der Waals surface area contributed by atoms with Crippen molar-refractivity contribution in [1.29, 1.82) is 0 Å². The minimum Gasteiger partial charge on any atom is -0.375 e. The van der Waals surface area contributed by atoms with Crippen LogP contribution >= 0.6 is 0 Å². The first-order valence-electron chi connectivity index (χ1n) is 1.72. The summed E-state index contributed by atoms with van der Waals surface area (Å²) in [7, 11) is 0. The first-order chi connectivity index (χ1) is 2.50. The second kappa shape index (κ2) is 3.16. The predicted octanol–water partition coefficient (Wildman–Crippen LogP) is -0.385. The van der Waals surface area contributed by atoms with Crippen molar-refractivity contribution in [1.82, 2.24) is 5.32 Å². The molecule has 3 heteroatoms. The molecule has 0 bridgehead atoms. The Morgan fingerprint density at radius 1 is 1.67 bits per heavy atom. The summed E-state index contributed by atoms with van der Waals surface area (Å²) < 4.78 is 0. The fraction of sp³-hybridized carbons (Fsp3) is 0.667. The van der Waals surface area contributed by atoms with E-state index in [1.807, 2.05) is 0 Å². The summed E-state index contributed by atoms with van der Waals surface area (Å²) in [6.45, 7) is 1.99. The summed E-state index contributed by atoms with van der Waals surface area (Å²) in [5.74, 6) is 0. The average molecular weight is 129 g/mol. The summed E-state index contributed by atoms with van der Waals surface area (Å²) in [6, 6.07) is 0. The normalized spacial score (nSPS) is 16.0. The molecule has 0 fully saturated rings. The molecule has 0 aromatic rings. The first-order valence-corrected chi connectivity index (χ1v) is 1.72. The average Bonchev–Trinajstić information content (AvgIpc) is 1.76. The van der Waals surface area contributed by atoms with Crippen LogP contribution in [0.2, 0.25) is 0 Å². The van der Waals surface area contributed by atoms with Crippen molar-refractivity contribution in [3.8, 4) is 0 Å². The van der Waals surface area contributed by atoms with Gasteiger partial charge in [0.2, 0.25) is 0 Å². The van der Waals surface area contributed by atoms with Crippen molar-refractivity contribution in [2.45, 2.75) is 0 Å². The van der Waals surface area contributed by atoms with E-state index < -0.39 is 0 Å². The van der Waals surface area contributed by atoms with Crippen LogP contribution in [0.25, 0.3) is 0 Å². The number of nitrogens with zero attached hydrogens (tertiary/aromatic N) is 1. The van der Waals surface area contributed by atoms with Gasteiger partial charge in [0.05, 0.1) is 12.9 Å². The van der Waals surface area contributed by atoms with E-state index in [2.05, 4.69) is 10.3 Å². The second-order valence-electron chi connectivity index (χ2n) is 0.989. The Balaban J connectivity index is 0.000000250. The maximum Gasteiger partial charge on any atom is 0.0825 e. The predicted molar refractivity (Wildman–Crippen MR) is 21.4 cm³/mol. The van der Waals surface area contributed by atoms with E-state index in [0.717, 1.165) is 13.1 Å². The standard InChI is InChI=1S/C3H6N2.Ni/c1-2-5-3-4-1;/h3H,1-2H2,(H,4,5);. The van der Waals surface area contributed by atoms with Gasteiger partial charge in [-0.15, -0.1) is 0 Å². The number of nitrogens with one attached hydrogen (secondary N) is 1. The quantitative estimate of drug-likeness (QED) is 0.442. The summed E-state index contributed by atoms with van der Waals surface area (Å²) in [5.41, 5.74) is 0. The van der Waals surface area contributed by atoms with Crippen LogP contribution in [0, 0.1) is 0 Å². The van der Waals surface area contributed by atoms with Crippen LogP contribution in [0.15, 0.2) is 4.99 Å². The maximum atomic E-state index is 3.85. The van der Waals surface area contributed by atoms with Gasteiger partial charge in [-0.2, -0.15) is 0 Å². The van der Waals surface area contributed by atoms with Gasteiger partial charge in [0.25, 0.3) is 0 Å². The zero-order chi connectivity index (χ0) is 3.54. The van der Waals surface area contributed by atoms with Crippen molar-refractivity contribution < 1.29 is 16.5 Å². The van der Waals surface area contributed by atoms with E-state index in [-0.39, 0.29) is 16.5 Å². The molecule has 0 spiro atoms. The third-order valence-electron chi connectivity index (χ3n) is 0.568. The molecular formula is C3H6N2Ni. The summed E-state index contributed by atoms with van der Waals surface area (Å²) in [4.78, 5) is 3.85. The van der Waals surface area contributed by atoms with Gasteiger partial charge in [-0.05, 0) is 0 Å². The molecule has 1 N–H and O–H groups in total. The van der Waals surface area contributed by atoms with Crippen molar-refractivity contribution in [3.63, 3.8) is 0 Å². The number of rotatable bonds is 0. The SMILES string of the molecule is C1=NCCN1.[Ni]. The monoisotopic (exact) mass is 128 g/mol. The topological polar surface area (TPSA) is 24.4 Å². The van der Waals surface area contributed by atoms with Crippen LogP contribution in [-0.4, -0.2) is 19.4 Å². The zero-order valence-corrected chi connectivity index (χ0v) is 4.24. The van der Waals surface area contributed by atoms with E-state index in [1.165, 1.54) is 0 Å². The first kappa shape index (κ1) is 5.96. The molecule has 6 heavy (non-hydrogen) atoms. The van der Waals surface area contributed by atoms with E-state index in [9.17, 15) is 0 Å². The molecule has 1 aliphatic heterocycles. The Bertz CT molecular complexity index is 46.8. The summed E-state index contributed by atoms with van der Waals surface area (Å²) in [6.07, 6.45) is 1.74. The van der Waals surface area contributed by atoms with Crippen LogP contribution < -0.4 is 5.32 Å². The molecule has 0 atom stereocenters. The van der Waals surface area contributed by atoms with Crippen molar-refractivity contribution in [2.75, 3.05) is 13.1 Å². The smallest absolute Gasteiger partial charge is 0.0825 e. The molecule has 0 aromatic heterocycles. The molecule has 0 unspecified atom stereocenters. The summed E-state index contributed by atoms with van der Waals surface area (Å²) >= 11 is 0. The van der Waals surface area contributed by atoms with Gasteiger partial charge in [-0.1, -0.05) is 0 Å². The van der Waals surface area contributed by atoms with Crippen LogP contribution in [0.4, 0.5) is 0 Å². The van der Waals surface area contributed by atoms with Gasteiger partial charge in [-0.3, -0.25) is 4.99 Å². The molecule has 1 heterocycles. The molecule has 0 saturated heterocycles. The number of hydrogen-bond donors (Lipinski definition) is 1. The molecule has 0 amide bonds. The van der Waals surface area contributed by atoms with Crippen LogP contribution in [-0.2, 0) is 16.5 Å². The van der Waals surface area contributed by atoms with Crippen molar-refractivity contribution >= 4 is 6.34 Å². The van der Waals surface area contributed by atoms with E-state index >= 15 is 0 Å². The molecule has 0 aromatic carbocycles. The molecule has 0 radical (unpaired) electrons. The maximum absolute atomic E-state index is 3.85. The third-order valence-corrected chi connectivity index (χ3v) is 0.568. The second-order valence-corrected chi connectivity index (χ2v) is 0.989. The van der Waals surface area contributed by atoms with Gasteiger partial charge in [-0.25, -0.2) is 0 Å². The van der Waals surface area contributed by atoms with E-state index in [1.54, 1.807) is 6.34 Å². The molecule has 38 valence electrons. The minimum absolute atomic E-state index is 0. The Morgan fingerprint density at radius 2 is 2.50 bits per heavy atom. The molecule has 0 saturated carbocycles. The van der Waals surface area contributed by atoms with Crippen molar-refractivity contribution in [3.05, 3.63) is 0 Å². The van der Waals surface area contributed by atoms with Gasteiger partial charge in [0.1, 0.15) is 0 Å². The number of aliphatic imine (C=N–C) groups is 1. The van der Waals surface area contributed by atoms with E-state index in [4.69, 9.17) is 0 Å². The molecular weight excluding hydrogens is 123 g/mol. The molecule has 0 aliphatic carbocycles. The van der Waals surface area contributed by atoms with Gasteiger partial charge >= 0.3 is 0 Å². The largest absolute Gasteiger partial charge is 0.375 e. The Labute approximate surface area is 47.0 Å². The van der Waals surface area contributed by atoms with Crippen LogP contribution in [0.3, 0.4) is 0 Å².